The number of benzene rings is 1. The largest absolute Gasteiger partial charge is 0.293 e. The Balaban J connectivity index is 2.12. The van der Waals surface area contributed by atoms with E-state index in [9.17, 15) is 4.79 Å². The molecule has 1 radical (unpaired) electrons. The summed E-state index contributed by atoms with van der Waals surface area (Å²) in [4.78, 5) is 21.7. The molecule has 0 saturated heterocycles. The number of fused-ring (bicyclic) bond motifs is 1. The molecule has 2 aromatic rings. The number of hydrogen-bond donors (Lipinski definition) is 0. The van der Waals surface area contributed by atoms with Gasteiger partial charge in [-0.05, 0) is 51.3 Å². The number of aromatic nitrogens is 2. The van der Waals surface area contributed by atoms with Crippen molar-refractivity contribution >= 4 is 5.78 Å². The third kappa shape index (κ3) is 1.94. The van der Waals surface area contributed by atoms with E-state index in [1.807, 2.05) is 39.0 Å². The normalized spacial score (nSPS) is 21.6. The van der Waals surface area contributed by atoms with Crippen molar-refractivity contribution in [2.75, 3.05) is 0 Å². The van der Waals surface area contributed by atoms with Gasteiger partial charge < -0.3 is 0 Å². The summed E-state index contributed by atoms with van der Waals surface area (Å²) in [5, 5.41) is 0. The molecule has 0 bridgehead atoms. The van der Waals surface area contributed by atoms with E-state index in [-0.39, 0.29) is 5.78 Å². The SMILES string of the molecule is Cc1cc(C2(C)CCc3c[c]ccc3C2=O)nc(C)n1. The molecule has 0 aliphatic heterocycles. The van der Waals surface area contributed by atoms with Gasteiger partial charge in [0.15, 0.2) is 5.78 Å². The van der Waals surface area contributed by atoms with Crippen molar-refractivity contribution in [2.45, 2.75) is 39.0 Å². The molecule has 0 N–H and O–H groups in total. The van der Waals surface area contributed by atoms with Crippen molar-refractivity contribution in [1.29, 1.82) is 0 Å². The molecule has 1 aliphatic carbocycles. The summed E-state index contributed by atoms with van der Waals surface area (Å²) in [5.41, 5.74) is 3.11. The molecule has 1 heterocycles. The first-order chi connectivity index (χ1) is 9.50. The number of carbonyl (C=O) groups excluding carboxylic acids is 1. The first-order valence-corrected chi connectivity index (χ1v) is 6.87. The van der Waals surface area contributed by atoms with Gasteiger partial charge in [0.05, 0.1) is 11.1 Å². The molecule has 101 valence electrons. The van der Waals surface area contributed by atoms with Crippen LogP contribution < -0.4 is 0 Å². The second-order valence-electron chi connectivity index (χ2n) is 5.69. The van der Waals surface area contributed by atoms with E-state index in [0.29, 0.717) is 0 Å². The van der Waals surface area contributed by atoms with Crippen LogP contribution in [0.1, 0.15) is 46.5 Å². The molecule has 1 unspecified atom stereocenters. The molecule has 0 amide bonds. The van der Waals surface area contributed by atoms with Crippen LogP contribution in [0.15, 0.2) is 24.3 Å². The molecule has 20 heavy (non-hydrogen) atoms. The molecule has 1 aromatic heterocycles. The summed E-state index contributed by atoms with van der Waals surface area (Å²) in [6.45, 7) is 5.81. The van der Waals surface area contributed by atoms with E-state index < -0.39 is 5.41 Å². The first kappa shape index (κ1) is 13.0. The topological polar surface area (TPSA) is 42.9 Å². The van der Waals surface area contributed by atoms with Crippen LogP contribution in [0.25, 0.3) is 0 Å². The molecule has 3 nitrogen and oxygen atoms in total. The average molecular weight is 265 g/mol. The van der Waals surface area contributed by atoms with Crippen LogP contribution in [-0.4, -0.2) is 15.8 Å². The lowest BCUT2D eigenvalue weighted by molar-refractivity contribution is 0.0872. The van der Waals surface area contributed by atoms with Gasteiger partial charge >= 0.3 is 0 Å². The zero-order valence-corrected chi connectivity index (χ0v) is 12.0. The number of ketones is 1. The van der Waals surface area contributed by atoms with Crippen LogP contribution in [-0.2, 0) is 11.8 Å². The van der Waals surface area contributed by atoms with Crippen LogP contribution in [0.4, 0.5) is 0 Å². The number of hydrogen-bond acceptors (Lipinski definition) is 3. The minimum atomic E-state index is -0.549. The molecule has 0 fully saturated rings. The lowest BCUT2D eigenvalue weighted by Gasteiger charge is -2.33. The van der Waals surface area contributed by atoms with Gasteiger partial charge in [-0.2, -0.15) is 0 Å². The Kier molecular flexibility index (Phi) is 2.93. The highest BCUT2D eigenvalue weighted by atomic mass is 16.1. The Bertz CT molecular complexity index is 673. The van der Waals surface area contributed by atoms with Gasteiger partial charge in [-0.15, -0.1) is 0 Å². The number of aryl methyl sites for hydroxylation is 3. The summed E-state index contributed by atoms with van der Waals surface area (Å²) in [6, 6.07) is 10.6. The van der Waals surface area contributed by atoms with Gasteiger partial charge in [-0.25, -0.2) is 9.97 Å². The molecule has 0 spiro atoms. The van der Waals surface area contributed by atoms with E-state index in [1.54, 1.807) is 6.07 Å². The fourth-order valence-corrected chi connectivity index (χ4v) is 2.93. The molecular formula is C17H17N2O. The quantitative estimate of drug-likeness (QED) is 0.796. The van der Waals surface area contributed by atoms with E-state index in [2.05, 4.69) is 16.0 Å². The fraction of sp³-hybridized carbons (Fsp3) is 0.353. The predicted molar refractivity (Wildman–Crippen MR) is 76.8 cm³/mol. The van der Waals surface area contributed by atoms with Gasteiger partial charge in [0, 0.05) is 11.3 Å². The molecule has 1 atom stereocenters. The molecule has 0 saturated carbocycles. The summed E-state index contributed by atoms with van der Waals surface area (Å²) < 4.78 is 0. The zero-order valence-electron chi connectivity index (χ0n) is 12.0. The molecular weight excluding hydrogens is 248 g/mol. The number of rotatable bonds is 1. The maximum Gasteiger partial charge on any atom is 0.174 e. The molecule has 1 aromatic carbocycles. The maximum absolute atomic E-state index is 12.9. The van der Waals surface area contributed by atoms with Crippen LogP contribution >= 0.6 is 0 Å². The maximum atomic E-state index is 12.9. The lowest BCUT2D eigenvalue weighted by atomic mass is 9.69. The predicted octanol–water partition coefficient (Wildman–Crippen LogP) is 2.98. The summed E-state index contributed by atoms with van der Waals surface area (Å²) >= 11 is 0. The third-order valence-electron chi connectivity index (χ3n) is 4.12. The second-order valence-corrected chi connectivity index (χ2v) is 5.69. The van der Waals surface area contributed by atoms with Gasteiger partial charge in [-0.3, -0.25) is 4.79 Å². The van der Waals surface area contributed by atoms with Crippen molar-refractivity contribution in [3.05, 3.63) is 58.7 Å². The van der Waals surface area contributed by atoms with Gasteiger partial charge in [-0.1, -0.05) is 18.2 Å². The van der Waals surface area contributed by atoms with Crippen molar-refractivity contribution in [1.82, 2.24) is 9.97 Å². The molecule has 1 aliphatic rings. The lowest BCUT2D eigenvalue weighted by Crippen LogP contribution is -2.38. The standard InChI is InChI=1S/C17H17N2O/c1-11-10-15(19-12(2)18-11)17(3)9-8-13-6-4-5-7-14(13)16(17)20/h5-7,10H,8-9H2,1-3H3. The number of Topliss-reactive ketones (excluding diaryl/α,β-unsaturated/α-hetero) is 1. The summed E-state index contributed by atoms with van der Waals surface area (Å²) in [6.07, 6.45) is 1.67. The van der Waals surface area contributed by atoms with Crippen LogP contribution in [0.2, 0.25) is 0 Å². The minimum Gasteiger partial charge on any atom is -0.293 e. The molecule has 3 rings (SSSR count). The third-order valence-corrected chi connectivity index (χ3v) is 4.12. The second kappa shape index (κ2) is 4.51. The summed E-state index contributed by atoms with van der Waals surface area (Å²) in [5.74, 6) is 0.881. The van der Waals surface area contributed by atoms with Crippen molar-refractivity contribution in [3.8, 4) is 0 Å². The van der Waals surface area contributed by atoms with Gasteiger partial charge in [0.2, 0.25) is 0 Å². The van der Waals surface area contributed by atoms with Crippen molar-refractivity contribution in [3.63, 3.8) is 0 Å². The highest BCUT2D eigenvalue weighted by Gasteiger charge is 2.41. The van der Waals surface area contributed by atoms with Gasteiger partial charge in [0.25, 0.3) is 0 Å². The Labute approximate surface area is 119 Å². The highest BCUT2D eigenvalue weighted by molar-refractivity contribution is 6.05. The van der Waals surface area contributed by atoms with E-state index in [0.717, 1.165) is 41.2 Å². The smallest absolute Gasteiger partial charge is 0.174 e. The fourth-order valence-electron chi connectivity index (χ4n) is 2.93. The van der Waals surface area contributed by atoms with Crippen molar-refractivity contribution < 1.29 is 4.79 Å². The van der Waals surface area contributed by atoms with E-state index in [4.69, 9.17) is 0 Å². The highest BCUT2D eigenvalue weighted by Crippen LogP contribution is 2.37. The number of carbonyl (C=O) groups is 1. The monoisotopic (exact) mass is 265 g/mol. The van der Waals surface area contributed by atoms with Gasteiger partial charge in [0.1, 0.15) is 5.82 Å². The first-order valence-electron chi connectivity index (χ1n) is 6.87. The average Bonchev–Trinajstić information content (AvgIpc) is 2.42. The van der Waals surface area contributed by atoms with Crippen LogP contribution in [0, 0.1) is 19.9 Å². The molecule has 3 heteroatoms. The minimum absolute atomic E-state index is 0.158. The van der Waals surface area contributed by atoms with E-state index >= 15 is 0 Å². The van der Waals surface area contributed by atoms with Crippen LogP contribution in [0.3, 0.4) is 0 Å². The summed E-state index contributed by atoms with van der Waals surface area (Å²) in [7, 11) is 0. The van der Waals surface area contributed by atoms with E-state index in [1.165, 1.54) is 0 Å². The zero-order chi connectivity index (χ0) is 14.3. The van der Waals surface area contributed by atoms with Crippen molar-refractivity contribution in [2.24, 2.45) is 0 Å². The Morgan fingerprint density at radius 1 is 1.30 bits per heavy atom. The van der Waals surface area contributed by atoms with Crippen LogP contribution in [0.5, 0.6) is 0 Å². The Morgan fingerprint density at radius 3 is 2.85 bits per heavy atom. The Hall–Kier alpha value is -2.03. The Morgan fingerprint density at radius 2 is 2.10 bits per heavy atom. The number of nitrogens with zero attached hydrogens (tertiary/aromatic N) is 2.